The number of carbonyl (C=O) groups is 1. The molecule has 2 unspecified atom stereocenters. The summed E-state index contributed by atoms with van der Waals surface area (Å²) in [6, 6.07) is 17.2. The van der Waals surface area contributed by atoms with E-state index in [0.29, 0.717) is 49.1 Å². The van der Waals surface area contributed by atoms with Crippen molar-refractivity contribution in [3.8, 4) is 29.1 Å². The molecule has 0 radical (unpaired) electrons. The quantitative estimate of drug-likeness (QED) is 0.189. The standard InChI is InChI=1S/C33H34ClN5O5/c1-41-24-7-5-20(28(16-24)43-3)9-11-39(12-10-21-6-8-25(42-2)17-29(21)44-4)32-27-19-36-31(15-22(27)14-30(34)37-32)38-33(40)26-13-23(26)18-35/h5-8,14-17,19,23,26H,9-13H2,1-4H3,(H,36,38,40). The summed E-state index contributed by atoms with van der Waals surface area (Å²) in [5.41, 5.74) is 2.04. The lowest BCUT2D eigenvalue weighted by atomic mass is 10.1. The van der Waals surface area contributed by atoms with Crippen molar-refractivity contribution in [3.05, 3.63) is 71.0 Å². The molecule has 11 heteroatoms. The van der Waals surface area contributed by atoms with Gasteiger partial charge < -0.3 is 29.2 Å². The van der Waals surface area contributed by atoms with Crippen LogP contribution in [0, 0.1) is 23.2 Å². The second-order valence-corrected chi connectivity index (χ2v) is 10.9. The largest absolute Gasteiger partial charge is 0.497 e. The summed E-state index contributed by atoms with van der Waals surface area (Å²) in [7, 11) is 6.53. The van der Waals surface area contributed by atoms with Crippen LogP contribution in [-0.4, -0.2) is 57.4 Å². The maximum absolute atomic E-state index is 12.6. The molecule has 1 aliphatic carbocycles. The molecule has 1 N–H and O–H groups in total. The van der Waals surface area contributed by atoms with E-state index in [2.05, 4.69) is 21.3 Å². The van der Waals surface area contributed by atoms with Gasteiger partial charge in [0.25, 0.3) is 0 Å². The molecule has 228 valence electrons. The summed E-state index contributed by atoms with van der Waals surface area (Å²) in [6.07, 6.45) is 3.59. The van der Waals surface area contributed by atoms with Crippen molar-refractivity contribution in [2.45, 2.75) is 19.3 Å². The van der Waals surface area contributed by atoms with Crippen LogP contribution in [0.25, 0.3) is 10.8 Å². The van der Waals surface area contributed by atoms with Crippen molar-refractivity contribution in [1.29, 1.82) is 5.26 Å². The Morgan fingerprint density at radius 3 is 2.09 bits per heavy atom. The Kier molecular flexibility index (Phi) is 9.56. The first kappa shape index (κ1) is 30.7. The Hall–Kier alpha value is -4.75. The van der Waals surface area contributed by atoms with Gasteiger partial charge in [-0.15, -0.1) is 0 Å². The predicted octanol–water partition coefficient (Wildman–Crippen LogP) is 5.71. The van der Waals surface area contributed by atoms with E-state index in [1.165, 1.54) is 0 Å². The van der Waals surface area contributed by atoms with Crippen LogP contribution < -0.4 is 29.2 Å². The second-order valence-electron chi connectivity index (χ2n) is 10.5. The smallest absolute Gasteiger partial charge is 0.230 e. The minimum Gasteiger partial charge on any atom is -0.497 e. The van der Waals surface area contributed by atoms with E-state index in [-0.39, 0.29) is 17.7 Å². The van der Waals surface area contributed by atoms with Gasteiger partial charge >= 0.3 is 0 Å². The van der Waals surface area contributed by atoms with E-state index in [1.807, 2.05) is 36.4 Å². The van der Waals surface area contributed by atoms with Crippen LogP contribution >= 0.6 is 11.6 Å². The third-order valence-corrected chi connectivity index (χ3v) is 7.99. The van der Waals surface area contributed by atoms with Gasteiger partial charge in [-0.05, 0) is 60.0 Å². The highest BCUT2D eigenvalue weighted by molar-refractivity contribution is 6.30. The normalized spacial score (nSPS) is 15.3. The fourth-order valence-corrected chi connectivity index (χ4v) is 5.40. The van der Waals surface area contributed by atoms with E-state index in [4.69, 9.17) is 40.8 Å². The van der Waals surface area contributed by atoms with Crippen molar-refractivity contribution in [3.63, 3.8) is 0 Å². The summed E-state index contributed by atoms with van der Waals surface area (Å²) in [6.45, 7) is 1.19. The molecule has 1 aliphatic rings. The molecule has 2 aromatic heterocycles. The van der Waals surface area contributed by atoms with Gasteiger partial charge in [0.1, 0.15) is 39.8 Å². The van der Waals surface area contributed by atoms with Gasteiger partial charge in [0, 0.05) is 36.8 Å². The van der Waals surface area contributed by atoms with Gasteiger partial charge in [-0.2, -0.15) is 5.26 Å². The number of hydrogen-bond acceptors (Lipinski definition) is 9. The fourth-order valence-electron chi connectivity index (χ4n) is 5.21. The summed E-state index contributed by atoms with van der Waals surface area (Å²) < 4.78 is 22.0. The average Bonchev–Trinajstić information content (AvgIpc) is 3.84. The van der Waals surface area contributed by atoms with Gasteiger partial charge in [-0.1, -0.05) is 23.7 Å². The maximum atomic E-state index is 12.6. The van der Waals surface area contributed by atoms with Crippen LogP contribution in [-0.2, 0) is 17.6 Å². The Morgan fingerprint density at radius 2 is 1.57 bits per heavy atom. The van der Waals surface area contributed by atoms with Crippen LogP contribution in [0.3, 0.4) is 0 Å². The van der Waals surface area contributed by atoms with E-state index in [9.17, 15) is 4.79 Å². The molecule has 2 heterocycles. The third kappa shape index (κ3) is 6.90. The molecule has 4 aromatic rings. The topological polar surface area (TPSA) is 119 Å². The number of methoxy groups -OCH3 is 4. The molecule has 0 aliphatic heterocycles. The molecule has 1 fully saturated rings. The average molecular weight is 616 g/mol. The summed E-state index contributed by atoms with van der Waals surface area (Å²) >= 11 is 6.57. The Morgan fingerprint density at radius 1 is 0.955 bits per heavy atom. The van der Waals surface area contributed by atoms with Gasteiger partial charge in [0.15, 0.2) is 0 Å². The number of benzene rings is 2. The van der Waals surface area contributed by atoms with Crippen molar-refractivity contribution in [1.82, 2.24) is 9.97 Å². The van der Waals surface area contributed by atoms with Crippen molar-refractivity contribution >= 4 is 39.9 Å². The number of amides is 1. The van der Waals surface area contributed by atoms with Crippen molar-refractivity contribution < 1.29 is 23.7 Å². The van der Waals surface area contributed by atoms with E-state index >= 15 is 0 Å². The lowest BCUT2D eigenvalue weighted by molar-refractivity contribution is -0.117. The van der Waals surface area contributed by atoms with Crippen LogP contribution in [0.1, 0.15) is 17.5 Å². The van der Waals surface area contributed by atoms with Gasteiger partial charge in [0.05, 0.1) is 46.3 Å². The number of halogens is 1. The molecular weight excluding hydrogens is 582 g/mol. The molecule has 2 atom stereocenters. The second kappa shape index (κ2) is 13.7. The molecule has 2 aromatic carbocycles. The Labute approximate surface area is 261 Å². The molecule has 0 bridgehead atoms. The number of nitrogens with zero attached hydrogens (tertiary/aromatic N) is 4. The number of anilines is 2. The van der Waals surface area contributed by atoms with Crippen LogP contribution in [0.5, 0.6) is 23.0 Å². The van der Waals surface area contributed by atoms with E-state index < -0.39 is 0 Å². The van der Waals surface area contributed by atoms with Crippen molar-refractivity contribution in [2.75, 3.05) is 51.7 Å². The number of pyridine rings is 2. The molecule has 44 heavy (non-hydrogen) atoms. The summed E-state index contributed by atoms with van der Waals surface area (Å²) in [4.78, 5) is 24.0. The SMILES string of the molecule is COc1ccc(CCN(CCc2ccc(OC)cc2OC)c2nc(Cl)cc3cc(NC(=O)C4CC4C#N)ncc23)c(OC)c1. The minimum atomic E-state index is -0.297. The minimum absolute atomic E-state index is 0.202. The zero-order valence-corrected chi connectivity index (χ0v) is 25.9. The number of hydrogen-bond donors (Lipinski definition) is 1. The highest BCUT2D eigenvalue weighted by atomic mass is 35.5. The lowest BCUT2D eigenvalue weighted by Crippen LogP contribution is -2.29. The number of fused-ring (bicyclic) bond motifs is 1. The number of carbonyl (C=O) groups excluding carboxylic acids is 1. The first-order chi connectivity index (χ1) is 21.4. The molecular formula is C33H34ClN5O5. The van der Waals surface area contributed by atoms with E-state index in [1.54, 1.807) is 46.8 Å². The molecule has 0 spiro atoms. The lowest BCUT2D eigenvalue weighted by Gasteiger charge is -2.26. The number of aromatic nitrogens is 2. The number of ether oxygens (including phenoxy) is 4. The molecule has 0 saturated heterocycles. The summed E-state index contributed by atoms with van der Waals surface area (Å²) in [5.74, 6) is 3.25. The van der Waals surface area contributed by atoms with Gasteiger partial charge in [-0.3, -0.25) is 4.79 Å². The first-order valence-electron chi connectivity index (χ1n) is 14.2. The molecule has 5 rings (SSSR count). The van der Waals surface area contributed by atoms with Crippen LogP contribution in [0.2, 0.25) is 5.15 Å². The van der Waals surface area contributed by atoms with Gasteiger partial charge in [0.2, 0.25) is 5.91 Å². The van der Waals surface area contributed by atoms with Crippen LogP contribution in [0.15, 0.2) is 54.7 Å². The number of nitrogens with one attached hydrogen (secondary N) is 1. The molecule has 1 saturated carbocycles. The Balaban J connectivity index is 1.46. The fraction of sp³-hybridized carbons (Fsp3) is 0.333. The molecule has 1 amide bonds. The third-order valence-electron chi connectivity index (χ3n) is 7.80. The maximum Gasteiger partial charge on any atom is 0.230 e. The predicted molar refractivity (Wildman–Crippen MR) is 169 cm³/mol. The van der Waals surface area contributed by atoms with E-state index in [0.717, 1.165) is 44.9 Å². The summed E-state index contributed by atoms with van der Waals surface area (Å²) in [5, 5.41) is 13.8. The number of rotatable bonds is 13. The first-order valence-corrected chi connectivity index (χ1v) is 14.6. The number of nitriles is 1. The van der Waals surface area contributed by atoms with Crippen LogP contribution in [0.4, 0.5) is 11.6 Å². The Bertz CT molecular complexity index is 1650. The highest BCUT2D eigenvalue weighted by Crippen LogP contribution is 2.39. The zero-order chi connectivity index (χ0) is 31.2. The highest BCUT2D eigenvalue weighted by Gasteiger charge is 2.43. The monoisotopic (exact) mass is 615 g/mol. The van der Waals surface area contributed by atoms with Crippen molar-refractivity contribution in [2.24, 2.45) is 11.8 Å². The molecule has 10 nitrogen and oxygen atoms in total. The zero-order valence-electron chi connectivity index (χ0n) is 25.1. The van der Waals surface area contributed by atoms with Gasteiger partial charge in [-0.25, -0.2) is 9.97 Å².